The first-order valence-corrected chi connectivity index (χ1v) is 7.50. The number of amides is 1. The molecule has 0 radical (unpaired) electrons. The van der Waals surface area contributed by atoms with Crippen molar-refractivity contribution in [2.24, 2.45) is 0 Å². The minimum Gasteiger partial charge on any atom is -0.393 e. The summed E-state index contributed by atoms with van der Waals surface area (Å²) in [5.74, 6) is -0.337. The second-order valence-corrected chi connectivity index (χ2v) is 5.72. The molecule has 19 heavy (non-hydrogen) atoms. The Balaban J connectivity index is 2.40. The first-order chi connectivity index (χ1) is 9.00. The van der Waals surface area contributed by atoms with Gasteiger partial charge in [-0.15, -0.1) is 0 Å². The molecular weight excluding hydrogens is 310 g/mol. The molecule has 5 heteroatoms. The number of hydrogen-bond acceptors (Lipinski definition) is 3. The fourth-order valence-electron chi connectivity index (χ4n) is 2.57. The first kappa shape index (κ1) is 14.5. The molecule has 2 rings (SSSR count). The summed E-state index contributed by atoms with van der Waals surface area (Å²) in [5.41, 5.74) is -0.260. The molecule has 1 heterocycles. The van der Waals surface area contributed by atoms with Crippen LogP contribution in [0.4, 0.5) is 5.69 Å². The molecule has 0 spiro atoms. The molecule has 0 aliphatic carbocycles. The second-order valence-electron chi connectivity index (χ2n) is 4.93. The minimum atomic E-state index is -1.60. The summed E-state index contributed by atoms with van der Waals surface area (Å²) < 4.78 is 0. The highest BCUT2D eigenvalue weighted by Gasteiger charge is 2.49. The largest absolute Gasteiger partial charge is 0.393 e. The number of anilines is 1. The van der Waals surface area contributed by atoms with Crippen molar-refractivity contribution in [3.05, 3.63) is 29.8 Å². The van der Waals surface area contributed by atoms with E-state index in [4.69, 9.17) is 0 Å². The molecule has 2 N–H and O–H groups in total. The van der Waals surface area contributed by atoms with Gasteiger partial charge in [0.05, 0.1) is 11.8 Å². The maximum absolute atomic E-state index is 12.5. The minimum absolute atomic E-state index is 0.0215. The Bertz CT molecular complexity index is 478. The zero-order valence-corrected chi connectivity index (χ0v) is 12.4. The summed E-state index contributed by atoms with van der Waals surface area (Å²) in [6.45, 7) is 2.14. The second kappa shape index (κ2) is 5.61. The van der Waals surface area contributed by atoms with Crippen LogP contribution in [-0.2, 0) is 10.4 Å². The molecule has 0 unspecified atom stereocenters. The lowest BCUT2D eigenvalue weighted by Gasteiger charge is -2.24. The molecule has 0 aromatic heterocycles. The maximum atomic E-state index is 12.5. The monoisotopic (exact) mass is 327 g/mol. The van der Waals surface area contributed by atoms with Gasteiger partial charge in [-0.3, -0.25) is 4.79 Å². The molecular formula is C14H18BrNO3. The third kappa shape index (κ3) is 2.55. The standard InChI is InChI=1S/C14H18BrNO3/c1-10(17)9-14(19)11-5-2-3-6-12(11)16(13(14)18)8-4-7-15/h2-3,5-6,10,17,19H,4,7-9H2,1H3/t10-,14+/m1/s1. The summed E-state index contributed by atoms with van der Waals surface area (Å²) in [7, 11) is 0. The SMILES string of the molecule is C[C@@H](O)C[C@@]1(O)C(=O)N(CCCBr)c2ccccc21. The van der Waals surface area contributed by atoms with Crippen LogP contribution in [0, 0.1) is 0 Å². The molecule has 104 valence electrons. The summed E-state index contributed by atoms with van der Waals surface area (Å²) in [6, 6.07) is 7.24. The van der Waals surface area contributed by atoms with Crippen LogP contribution in [0.25, 0.3) is 0 Å². The van der Waals surface area contributed by atoms with Gasteiger partial charge < -0.3 is 15.1 Å². The number of aliphatic hydroxyl groups excluding tert-OH is 1. The number of benzene rings is 1. The Labute approximate surface area is 121 Å². The number of carbonyl (C=O) groups excluding carboxylic acids is 1. The van der Waals surface area contributed by atoms with Gasteiger partial charge in [0.1, 0.15) is 0 Å². The van der Waals surface area contributed by atoms with E-state index in [1.54, 1.807) is 24.0 Å². The van der Waals surface area contributed by atoms with E-state index in [2.05, 4.69) is 15.9 Å². The lowest BCUT2D eigenvalue weighted by Crippen LogP contribution is -2.42. The van der Waals surface area contributed by atoms with Crippen molar-refractivity contribution < 1.29 is 15.0 Å². The van der Waals surface area contributed by atoms with Crippen molar-refractivity contribution >= 4 is 27.5 Å². The highest BCUT2D eigenvalue weighted by Crippen LogP contribution is 2.42. The molecule has 0 saturated heterocycles. The van der Waals surface area contributed by atoms with Crippen LogP contribution in [0.15, 0.2) is 24.3 Å². The highest BCUT2D eigenvalue weighted by molar-refractivity contribution is 9.09. The number of halogens is 1. The number of fused-ring (bicyclic) bond motifs is 1. The van der Waals surface area contributed by atoms with E-state index in [0.717, 1.165) is 17.4 Å². The Morgan fingerprint density at radius 1 is 1.42 bits per heavy atom. The average Bonchev–Trinajstić information content (AvgIpc) is 2.57. The zero-order chi connectivity index (χ0) is 14.0. The van der Waals surface area contributed by atoms with Crippen molar-refractivity contribution in [3.63, 3.8) is 0 Å². The van der Waals surface area contributed by atoms with Crippen molar-refractivity contribution in [1.29, 1.82) is 0 Å². The highest BCUT2D eigenvalue weighted by atomic mass is 79.9. The molecule has 1 aliphatic heterocycles. The van der Waals surface area contributed by atoms with E-state index in [1.807, 2.05) is 12.1 Å². The number of para-hydroxylation sites is 1. The van der Waals surface area contributed by atoms with E-state index in [9.17, 15) is 15.0 Å². The molecule has 1 aliphatic rings. The molecule has 1 aromatic rings. The van der Waals surface area contributed by atoms with Gasteiger partial charge in [0.25, 0.3) is 5.91 Å². The predicted molar refractivity (Wildman–Crippen MR) is 77.4 cm³/mol. The Hall–Kier alpha value is -0.910. The smallest absolute Gasteiger partial charge is 0.263 e. The van der Waals surface area contributed by atoms with E-state index in [1.165, 1.54) is 0 Å². The van der Waals surface area contributed by atoms with Crippen molar-refractivity contribution in [2.75, 3.05) is 16.8 Å². The Morgan fingerprint density at radius 3 is 2.74 bits per heavy atom. The zero-order valence-electron chi connectivity index (χ0n) is 10.8. The van der Waals surface area contributed by atoms with Gasteiger partial charge in [-0.25, -0.2) is 0 Å². The van der Waals surface area contributed by atoms with Crippen molar-refractivity contribution in [3.8, 4) is 0 Å². The number of nitrogens with zero attached hydrogens (tertiary/aromatic N) is 1. The quantitative estimate of drug-likeness (QED) is 0.810. The van der Waals surface area contributed by atoms with Gasteiger partial charge in [-0.05, 0) is 19.4 Å². The predicted octanol–water partition coefficient (Wildman–Crippen LogP) is 1.78. The number of alkyl halides is 1. The van der Waals surface area contributed by atoms with Crippen LogP contribution >= 0.6 is 15.9 Å². The molecule has 2 atom stereocenters. The summed E-state index contributed by atoms with van der Waals surface area (Å²) in [6.07, 6.45) is 0.0940. The van der Waals surface area contributed by atoms with Gasteiger partial charge >= 0.3 is 0 Å². The van der Waals surface area contributed by atoms with Crippen LogP contribution in [0.1, 0.15) is 25.3 Å². The summed E-state index contributed by atoms with van der Waals surface area (Å²) >= 11 is 3.34. The number of aliphatic hydroxyl groups is 2. The number of carbonyl (C=O) groups is 1. The molecule has 0 bridgehead atoms. The van der Waals surface area contributed by atoms with Crippen LogP contribution in [0.2, 0.25) is 0 Å². The Morgan fingerprint density at radius 2 is 2.11 bits per heavy atom. The summed E-state index contributed by atoms with van der Waals surface area (Å²) in [4.78, 5) is 14.1. The lowest BCUT2D eigenvalue weighted by atomic mass is 9.90. The van der Waals surface area contributed by atoms with Crippen LogP contribution in [0.3, 0.4) is 0 Å². The number of rotatable bonds is 5. The van der Waals surface area contributed by atoms with Gasteiger partial charge in [0.15, 0.2) is 5.60 Å². The van der Waals surface area contributed by atoms with E-state index in [-0.39, 0.29) is 12.3 Å². The van der Waals surface area contributed by atoms with Crippen molar-refractivity contribution in [2.45, 2.75) is 31.5 Å². The number of hydrogen-bond donors (Lipinski definition) is 2. The van der Waals surface area contributed by atoms with Gasteiger partial charge in [-0.1, -0.05) is 34.1 Å². The van der Waals surface area contributed by atoms with Crippen LogP contribution in [0.5, 0.6) is 0 Å². The van der Waals surface area contributed by atoms with E-state index in [0.29, 0.717) is 12.1 Å². The van der Waals surface area contributed by atoms with Gasteiger partial charge in [0.2, 0.25) is 0 Å². The normalized spacial score (nSPS) is 23.6. The van der Waals surface area contributed by atoms with Crippen molar-refractivity contribution in [1.82, 2.24) is 0 Å². The maximum Gasteiger partial charge on any atom is 0.263 e. The molecule has 0 saturated carbocycles. The Kier molecular flexibility index (Phi) is 4.28. The van der Waals surface area contributed by atoms with Crippen LogP contribution in [-0.4, -0.2) is 34.1 Å². The third-order valence-corrected chi connectivity index (χ3v) is 3.91. The molecule has 0 fully saturated rings. The molecule has 4 nitrogen and oxygen atoms in total. The topological polar surface area (TPSA) is 60.8 Å². The van der Waals surface area contributed by atoms with E-state index < -0.39 is 11.7 Å². The average molecular weight is 328 g/mol. The fraction of sp³-hybridized carbons (Fsp3) is 0.500. The van der Waals surface area contributed by atoms with Gasteiger partial charge in [0, 0.05) is 23.9 Å². The summed E-state index contributed by atoms with van der Waals surface area (Å²) in [5, 5.41) is 21.0. The third-order valence-electron chi connectivity index (χ3n) is 3.35. The van der Waals surface area contributed by atoms with Gasteiger partial charge in [-0.2, -0.15) is 0 Å². The van der Waals surface area contributed by atoms with Crippen LogP contribution < -0.4 is 4.90 Å². The van der Waals surface area contributed by atoms with E-state index >= 15 is 0 Å². The lowest BCUT2D eigenvalue weighted by molar-refractivity contribution is -0.139. The molecule has 1 aromatic carbocycles. The fourth-order valence-corrected chi connectivity index (χ4v) is 2.82. The first-order valence-electron chi connectivity index (χ1n) is 6.38. The molecule has 1 amide bonds.